The Morgan fingerprint density at radius 3 is 2.34 bits per heavy atom. The third-order valence-corrected chi connectivity index (χ3v) is 5.17. The molecule has 1 aromatic rings. The van der Waals surface area contributed by atoms with Gasteiger partial charge in [0.15, 0.2) is 5.96 Å². The number of nitrogens with two attached hydrogens (primary N) is 1. The predicted molar refractivity (Wildman–Crippen MR) is 128 cm³/mol. The average Bonchev–Trinajstić information content (AvgIpc) is 3.15. The fourth-order valence-electron chi connectivity index (χ4n) is 3.62. The van der Waals surface area contributed by atoms with Gasteiger partial charge >= 0.3 is 6.09 Å². The first-order valence-corrected chi connectivity index (χ1v) is 10.1. The second-order valence-electron chi connectivity index (χ2n) is 8.59. The number of nitrogens with zero attached hydrogens (tertiary/aromatic N) is 4. The van der Waals surface area contributed by atoms with Crippen LogP contribution in [0.4, 0.5) is 10.5 Å². The molecule has 3 rings (SSSR count). The molecule has 0 bridgehead atoms. The first kappa shape index (κ1) is 23.6. The number of piperazine rings is 1. The van der Waals surface area contributed by atoms with Gasteiger partial charge in [-0.3, -0.25) is 4.99 Å². The zero-order chi connectivity index (χ0) is 20.1. The van der Waals surface area contributed by atoms with Crippen molar-refractivity contribution in [3.8, 4) is 0 Å². The number of halogens is 1. The monoisotopic (exact) mass is 515 g/mol. The summed E-state index contributed by atoms with van der Waals surface area (Å²) in [6.45, 7) is 11.1. The lowest BCUT2D eigenvalue weighted by Crippen LogP contribution is -2.53. The van der Waals surface area contributed by atoms with E-state index in [9.17, 15) is 4.79 Å². The largest absolute Gasteiger partial charge is 0.444 e. The number of rotatable bonds is 3. The van der Waals surface area contributed by atoms with E-state index >= 15 is 0 Å². The van der Waals surface area contributed by atoms with Crippen LogP contribution in [0.1, 0.15) is 27.2 Å². The summed E-state index contributed by atoms with van der Waals surface area (Å²) in [4.78, 5) is 23.0. The van der Waals surface area contributed by atoms with Crippen LogP contribution in [-0.2, 0) is 4.74 Å². The van der Waals surface area contributed by atoms with Crippen LogP contribution in [0.5, 0.6) is 0 Å². The highest BCUT2D eigenvalue weighted by Gasteiger charge is 2.27. The van der Waals surface area contributed by atoms with Gasteiger partial charge in [-0.1, -0.05) is 18.2 Å². The van der Waals surface area contributed by atoms with Crippen molar-refractivity contribution in [2.75, 3.05) is 50.7 Å². The molecule has 0 spiro atoms. The minimum absolute atomic E-state index is 0. The van der Waals surface area contributed by atoms with Crippen LogP contribution in [0, 0.1) is 5.92 Å². The van der Waals surface area contributed by atoms with Gasteiger partial charge in [0, 0.05) is 51.5 Å². The van der Waals surface area contributed by atoms with Crippen LogP contribution in [0.3, 0.4) is 0 Å². The Bertz CT molecular complexity index is 684. The quantitative estimate of drug-likeness (QED) is 0.381. The molecule has 0 radical (unpaired) electrons. The second-order valence-corrected chi connectivity index (χ2v) is 8.59. The van der Waals surface area contributed by atoms with Gasteiger partial charge < -0.3 is 25.2 Å². The van der Waals surface area contributed by atoms with Gasteiger partial charge in [-0.25, -0.2) is 4.79 Å². The van der Waals surface area contributed by atoms with Crippen LogP contribution in [0.15, 0.2) is 35.3 Å². The lowest BCUT2D eigenvalue weighted by atomic mass is 10.1. The third-order valence-electron chi connectivity index (χ3n) is 5.17. The summed E-state index contributed by atoms with van der Waals surface area (Å²) in [5.41, 5.74) is 7.03. The van der Waals surface area contributed by atoms with E-state index in [0.29, 0.717) is 38.1 Å². The Morgan fingerprint density at radius 1 is 1.10 bits per heavy atom. The molecule has 0 aromatic heterocycles. The molecule has 0 saturated carbocycles. The maximum absolute atomic E-state index is 12.2. The zero-order valence-electron chi connectivity index (χ0n) is 17.7. The molecular weight excluding hydrogens is 481 g/mol. The fraction of sp³-hybridized carbons (Fsp3) is 0.619. The van der Waals surface area contributed by atoms with Gasteiger partial charge in [0.25, 0.3) is 0 Å². The molecule has 2 aliphatic heterocycles. The molecule has 2 aliphatic rings. The van der Waals surface area contributed by atoms with Crippen molar-refractivity contribution in [2.45, 2.75) is 32.8 Å². The van der Waals surface area contributed by atoms with Gasteiger partial charge in [-0.05, 0) is 45.2 Å². The average molecular weight is 515 g/mol. The number of benzene rings is 1. The predicted octanol–water partition coefficient (Wildman–Crippen LogP) is 3.00. The molecule has 2 N–H and O–H groups in total. The lowest BCUT2D eigenvalue weighted by Gasteiger charge is -2.36. The van der Waals surface area contributed by atoms with Crippen LogP contribution < -0.4 is 10.6 Å². The van der Waals surface area contributed by atoms with Crippen LogP contribution >= 0.6 is 24.0 Å². The molecular formula is C21H34IN5O2. The van der Waals surface area contributed by atoms with Crippen molar-refractivity contribution >= 4 is 41.7 Å². The molecule has 0 aliphatic carbocycles. The number of guanidine groups is 1. The molecule has 29 heavy (non-hydrogen) atoms. The summed E-state index contributed by atoms with van der Waals surface area (Å²) in [5.74, 6) is 1.11. The van der Waals surface area contributed by atoms with Crippen LogP contribution in [0.25, 0.3) is 0 Å². The standard InChI is InChI=1S/C21H33N5O2.HI/c1-21(2,3)28-20(27)25-13-11-24(12-14-25)19(22)23-15-17-9-10-26(16-17)18-7-5-4-6-8-18;/h4-8,17H,9-16H2,1-3H3,(H2,22,23);1H. The highest BCUT2D eigenvalue weighted by Crippen LogP contribution is 2.23. The van der Waals surface area contributed by atoms with Crippen molar-refractivity contribution in [2.24, 2.45) is 16.6 Å². The van der Waals surface area contributed by atoms with Gasteiger partial charge in [-0.15, -0.1) is 24.0 Å². The van der Waals surface area contributed by atoms with Gasteiger partial charge in [-0.2, -0.15) is 0 Å². The fourth-order valence-corrected chi connectivity index (χ4v) is 3.62. The Labute approximate surface area is 191 Å². The maximum Gasteiger partial charge on any atom is 0.410 e. The number of carbonyl (C=O) groups is 1. The minimum atomic E-state index is -0.469. The molecule has 1 unspecified atom stereocenters. The van der Waals surface area contributed by atoms with E-state index in [2.05, 4.69) is 39.1 Å². The molecule has 162 valence electrons. The highest BCUT2D eigenvalue weighted by molar-refractivity contribution is 14.0. The summed E-state index contributed by atoms with van der Waals surface area (Å²) >= 11 is 0. The number of hydrogen-bond donors (Lipinski definition) is 1. The van der Waals surface area contributed by atoms with E-state index < -0.39 is 5.60 Å². The number of ether oxygens (including phenoxy) is 1. The molecule has 1 aromatic carbocycles. The van der Waals surface area contributed by atoms with E-state index in [0.717, 1.165) is 26.1 Å². The maximum atomic E-state index is 12.2. The van der Waals surface area contributed by atoms with Crippen molar-refractivity contribution in [1.29, 1.82) is 0 Å². The van der Waals surface area contributed by atoms with Gasteiger partial charge in [0.05, 0.1) is 0 Å². The summed E-state index contributed by atoms with van der Waals surface area (Å²) in [6, 6.07) is 10.5. The summed E-state index contributed by atoms with van der Waals surface area (Å²) in [5, 5.41) is 0. The topological polar surface area (TPSA) is 74.4 Å². The minimum Gasteiger partial charge on any atom is -0.444 e. The Morgan fingerprint density at radius 2 is 1.72 bits per heavy atom. The molecule has 2 saturated heterocycles. The zero-order valence-corrected chi connectivity index (χ0v) is 20.0. The smallest absolute Gasteiger partial charge is 0.410 e. The molecule has 1 amide bonds. The molecule has 8 heteroatoms. The Balaban J connectivity index is 0.00000300. The normalized spacial score (nSPS) is 20.4. The van der Waals surface area contributed by atoms with Crippen molar-refractivity contribution < 1.29 is 9.53 Å². The summed E-state index contributed by atoms with van der Waals surface area (Å²) < 4.78 is 5.44. The number of aliphatic imine (C=N–C) groups is 1. The molecule has 7 nitrogen and oxygen atoms in total. The lowest BCUT2D eigenvalue weighted by molar-refractivity contribution is 0.0186. The Hall–Kier alpha value is -1.71. The van der Waals surface area contributed by atoms with Crippen LogP contribution in [-0.4, -0.2) is 73.3 Å². The number of amides is 1. The molecule has 1 atom stereocenters. The van der Waals surface area contributed by atoms with E-state index in [1.807, 2.05) is 26.8 Å². The summed E-state index contributed by atoms with van der Waals surface area (Å²) in [6.07, 6.45) is 0.882. The first-order valence-electron chi connectivity index (χ1n) is 10.1. The van der Waals surface area contributed by atoms with Gasteiger partial charge in [0.1, 0.15) is 5.60 Å². The second kappa shape index (κ2) is 10.4. The number of anilines is 1. The van der Waals surface area contributed by atoms with Crippen molar-refractivity contribution in [3.05, 3.63) is 30.3 Å². The third kappa shape index (κ3) is 6.94. The van der Waals surface area contributed by atoms with Crippen molar-refractivity contribution in [1.82, 2.24) is 9.80 Å². The first-order chi connectivity index (χ1) is 13.3. The highest BCUT2D eigenvalue weighted by atomic mass is 127. The van der Waals surface area contributed by atoms with E-state index in [1.54, 1.807) is 4.90 Å². The van der Waals surface area contributed by atoms with Gasteiger partial charge in [0.2, 0.25) is 0 Å². The molecule has 2 fully saturated rings. The van der Waals surface area contributed by atoms with E-state index in [1.165, 1.54) is 5.69 Å². The van der Waals surface area contributed by atoms with E-state index in [-0.39, 0.29) is 30.1 Å². The number of hydrogen-bond acceptors (Lipinski definition) is 4. The molecule has 2 heterocycles. The summed E-state index contributed by atoms with van der Waals surface area (Å²) in [7, 11) is 0. The Kier molecular flexibility index (Phi) is 8.42. The SMILES string of the molecule is CC(C)(C)OC(=O)N1CCN(C(N)=NCC2CCN(c3ccccc3)C2)CC1.I. The van der Waals surface area contributed by atoms with Crippen molar-refractivity contribution in [3.63, 3.8) is 0 Å². The van der Waals surface area contributed by atoms with E-state index in [4.69, 9.17) is 10.5 Å². The number of para-hydroxylation sites is 1. The van der Waals surface area contributed by atoms with Crippen LogP contribution in [0.2, 0.25) is 0 Å². The number of carbonyl (C=O) groups excluding carboxylic acids is 1.